The van der Waals surface area contributed by atoms with Crippen LogP contribution < -0.4 is 10.2 Å². The number of hydrogen-bond donors (Lipinski definition) is 1. The van der Waals surface area contributed by atoms with Crippen molar-refractivity contribution in [2.75, 3.05) is 18.1 Å². The Morgan fingerprint density at radius 2 is 1.67 bits per heavy atom. The van der Waals surface area contributed by atoms with Gasteiger partial charge in [-0.15, -0.1) is 0 Å². The predicted octanol–water partition coefficient (Wildman–Crippen LogP) is 5.01. The molecule has 2 aliphatic rings. The van der Waals surface area contributed by atoms with E-state index in [4.69, 9.17) is 51.1 Å². The molecule has 1 atom stereocenters. The van der Waals surface area contributed by atoms with Crippen molar-refractivity contribution in [1.82, 2.24) is 5.32 Å². The highest BCUT2D eigenvalue weighted by Gasteiger charge is 2.42. The average Bonchev–Trinajstić information content (AvgIpc) is 3.35. The second kappa shape index (κ2) is 8.36. The zero-order valence-electron chi connectivity index (χ0n) is 15.3. The number of benzene rings is 2. The molecule has 3 amide bonds. The van der Waals surface area contributed by atoms with E-state index in [1.54, 1.807) is 12.1 Å². The molecule has 10 heteroatoms. The summed E-state index contributed by atoms with van der Waals surface area (Å²) in [5, 5.41) is 2.30. The van der Waals surface area contributed by atoms with Crippen molar-refractivity contribution in [3.8, 4) is 0 Å². The third kappa shape index (κ3) is 3.57. The molecule has 4 rings (SSSR count). The molecule has 2 heterocycles. The van der Waals surface area contributed by atoms with E-state index < -0.39 is 11.8 Å². The number of amides is 3. The summed E-state index contributed by atoms with van der Waals surface area (Å²) in [5.74, 6) is -1.74. The Morgan fingerprint density at radius 1 is 1.03 bits per heavy atom. The van der Waals surface area contributed by atoms with Gasteiger partial charge in [0.15, 0.2) is 0 Å². The van der Waals surface area contributed by atoms with E-state index in [9.17, 15) is 14.4 Å². The molecule has 2 aromatic carbocycles. The summed E-state index contributed by atoms with van der Waals surface area (Å²) >= 11 is 24.4. The van der Waals surface area contributed by atoms with E-state index >= 15 is 0 Å². The van der Waals surface area contributed by atoms with Crippen LogP contribution >= 0.6 is 46.4 Å². The second-order valence-electron chi connectivity index (χ2n) is 6.85. The van der Waals surface area contributed by atoms with E-state index in [1.807, 2.05) is 0 Å². The molecule has 2 aliphatic heterocycles. The largest absolute Gasteiger partial charge is 0.376 e. The van der Waals surface area contributed by atoms with Crippen LogP contribution in [-0.4, -0.2) is 37.0 Å². The number of rotatable bonds is 4. The summed E-state index contributed by atoms with van der Waals surface area (Å²) in [6.07, 6.45) is 1.85. The SMILES string of the molecule is O=C(NC[C@@H]1CCCO1)c1cccc(N2C(=O)c3c(Cl)c(Cl)c(Cl)c(Cl)c3C2=O)c1. The van der Waals surface area contributed by atoms with Gasteiger partial charge >= 0.3 is 0 Å². The lowest BCUT2D eigenvalue weighted by Gasteiger charge is -2.15. The average molecular weight is 488 g/mol. The molecular formula is C20H14Cl4N2O4. The highest BCUT2D eigenvalue weighted by atomic mass is 35.5. The number of nitrogens with zero attached hydrogens (tertiary/aromatic N) is 1. The summed E-state index contributed by atoms with van der Waals surface area (Å²) < 4.78 is 5.49. The van der Waals surface area contributed by atoms with Gasteiger partial charge in [-0.1, -0.05) is 52.5 Å². The zero-order chi connectivity index (χ0) is 21.6. The first kappa shape index (κ1) is 21.4. The molecule has 1 fully saturated rings. The van der Waals surface area contributed by atoms with Crippen molar-refractivity contribution in [2.45, 2.75) is 18.9 Å². The number of nitrogens with one attached hydrogen (secondary N) is 1. The van der Waals surface area contributed by atoms with Crippen LogP contribution in [0, 0.1) is 0 Å². The third-order valence-electron chi connectivity index (χ3n) is 4.98. The molecule has 6 nitrogen and oxygen atoms in total. The Hall–Kier alpha value is -1.83. The van der Waals surface area contributed by atoms with Crippen LogP contribution in [0.5, 0.6) is 0 Å². The van der Waals surface area contributed by atoms with Crippen LogP contribution in [0.15, 0.2) is 24.3 Å². The Labute approximate surface area is 192 Å². The van der Waals surface area contributed by atoms with Crippen LogP contribution in [0.3, 0.4) is 0 Å². The minimum atomic E-state index is -0.697. The lowest BCUT2D eigenvalue weighted by atomic mass is 10.1. The van der Waals surface area contributed by atoms with E-state index in [0.29, 0.717) is 13.2 Å². The van der Waals surface area contributed by atoms with Crippen molar-refractivity contribution < 1.29 is 19.1 Å². The normalized spacial score (nSPS) is 18.1. The summed E-state index contributed by atoms with van der Waals surface area (Å²) in [6.45, 7) is 1.08. The van der Waals surface area contributed by atoms with Crippen molar-refractivity contribution >= 4 is 69.8 Å². The molecular weight excluding hydrogens is 474 g/mol. The van der Waals surface area contributed by atoms with Gasteiger partial charge in [-0.05, 0) is 31.0 Å². The maximum absolute atomic E-state index is 13.0. The first-order valence-electron chi connectivity index (χ1n) is 9.05. The lowest BCUT2D eigenvalue weighted by molar-refractivity contribution is 0.0856. The Morgan fingerprint density at radius 3 is 2.23 bits per heavy atom. The van der Waals surface area contributed by atoms with Gasteiger partial charge in [0.1, 0.15) is 0 Å². The molecule has 0 spiro atoms. The fourth-order valence-electron chi connectivity index (χ4n) is 3.48. The fourth-order valence-corrected chi connectivity index (χ4v) is 4.50. The smallest absolute Gasteiger partial charge is 0.267 e. The number of fused-ring (bicyclic) bond motifs is 1. The first-order valence-corrected chi connectivity index (χ1v) is 10.6. The van der Waals surface area contributed by atoms with Gasteiger partial charge in [0.05, 0.1) is 43.0 Å². The van der Waals surface area contributed by atoms with Gasteiger partial charge in [-0.2, -0.15) is 0 Å². The molecule has 1 N–H and O–H groups in total. The van der Waals surface area contributed by atoms with Gasteiger partial charge < -0.3 is 10.1 Å². The molecule has 0 radical (unpaired) electrons. The predicted molar refractivity (Wildman–Crippen MR) is 115 cm³/mol. The quantitative estimate of drug-likeness (QED) is 0.373. The number of hydrogen-bond acceptors (Lipinski definition) is 4. The molecule has 0 aromatic heterocycles. The Balaban J connectivity index is 1.63. The summed E-state index contributed by atoms with van der Waals surface area (Å²) in [4.78, 5) is 39.3. The number of anilines is 1. The lowest BCUT2D eigenvalue weighted by Crippen LogP contribution is -2.32. The van der Waals surface area contributed by atoms with Crippen LogP contribution in [0.2, 0.25) is 20.1 Å². The summed E-state index contributed by atoms with van der Waals surface area (Å²) in [7, 11) is 0. The Kier molecular flexibility index (Phi) is 5.97. The maximum atomic E-state index is 13.0. The topological polar surface area (TPSA) is 75.7 Å². The number of carbonyl (C=O) groups excluding carboxylic acids is 3. The van der Waals surface area contributed by atoms with E-state index in [2.05, 4.69) is 5.32 Å². The van der Waals surface area contributed by atoms with Gasteiger partial charge in [0.25, 0.3) is 17.7 Å². The monoisotopic (exact) mass is 486 g/mol. The van der Waals surface area contributed by atoms with Crippen LogP contribution in [-0.2, 0) is 4.74 Å². The molecule has 2 aromatic rings. The highest BCUT2D eigenvalue weighted by Crippen LogP contribution is 2.45. The maximum Gasteiger partial charge on any atom is 0.267 e. The van der Waals surface area contributed by atoms with E-state index in [0.717, 1.165) is 17.7 Å². The second-order valence-corrected chi connectivity index (χ2v) is 8.36. The molecule has 0 aliphatic carbocycles. The van der Waals surface area contributed by atoms with Gasteiger partial charge in [0, 0.05) is 18.7 Å². The molecule has 30 heavy (non-hydrogen) atoms. The Bertz CT molecular complexity index is 1040. The third-order valence-corrected chi connectivity index (χ3v) is 6.78. The fraction of sp³-hybridized carbons (Fsp3) is 0.250. The van der Waals surface area contributed by atoms with Crippen molar-refractivity contribution in [3.63, 3.8) is 0 Å². The summed E-state index contributed by atoms with van der Waals surface area (Å²) in [5.41, 5.74) is 0.254. The van der Waals surface area contributed by atoms with Crippen LogP contribution in [0.4, 0.5) is 5.69 Å². The molecule has 156 valence electrons. The van der Waals surface area contributed by atoms with Crippen molar-refractivity contribution in [1.29, 1.82) is 0 Å². The van der Waals surface area contributed by atoms with Gasteiger partial charge in [0.2, 0.25) is 0 Å². The number of carbonyl (C=O) groups is 3. The molecule has 0 unspecified atom stereocenters. The molecule has 1 saturated heterocycles. The van der Waals surface area contributed by atoms with Crippen LogP contribution in [0.1, 0.15) is 43.9 Å². The standard InChI is InChI=1S/C20H14Cl4N2O4/c21-14-12-13(15(22)17(24)16(14)23)20(29)26(19(12)28)10-4-1-3-9(7-10)18(27)25-8-11-5-2-6-30-11/h1,3-4,7,11H,2,5-6,8H2,(H,25,27)/t11-/m0/s1. The minimum Gasteiger partial charge on any atom is -0.376 e. The number of halogens is 4. The number of ether oxygens (including phenoxy) is 1. The van der Waals surface area contributed by atoms with E-state index in [-0.39, 0.29) is 54.5 Å². The zero-order valence-corrected chi connectivity index (χ0v) is 18.3. The highest BCUT2D eigenvalue weighted by molar-refractivity contribution is 6.56. The molecule has 0 saturated carbocycles. The molecule has 0 bridgehead atoms. The van der Waals surface area contributed by atoms with Crippen molar-refractivity contribution in [2.24, 2.45) is 0 Å². The van der Waals surface area contributed by atoms with Crippen LogP contribution in [0.25, 0.3) is 0 Å². The van der Waals surface area contributed by atoms with Gasteiger partial charge in [-0.25, -0.2) is 4.90 Å². The van der Waals surface area contributed by atoms with E-state index in [1.165, 1.54) is 12.1 Å². The van der Waals surface area contributed by atoms with Gasteiger partial charge in [-0.3, -0.25) is 14.4 Å². The summed E-state index contributed by atoms with van der Waals surface area (Å²) in [6, 6.07) is 6.13. The first-order chi connectivity index (χ1) is 14.3. The van der Waals surface area contributed by atoms with Crippen molar-refractivity contribution in [3.05, 3.63) is 61.0 Å². The number of imide groups is 1. The minimum absolute atomic E-state index is 0.00727.